The largest absolute Gasteiger partial charge is 0.493 e. The number of hydrogen-bond acceptors (Lipinski definition) is 8. The van der Waals surface area contributed by atoms with E-state index in [9.17, 15) is 18.8 Å². The maximum Gasteiger partial charge on any atom is 0.335 e. The van der Waals surface area contributed by atoms with Crippen LogP contribution in [0.1, 0.15) is 17.3 Å². The Morgan fingerprint density at radius 2 is 1.75 bits per heavy atom. The van der Waals surface area contributed by atoms with E-state index < -0.39 is 34.4 Å². The second-order valence-corrected chi connectivity index (χ2v) is 9.56. The fourth-order valence-electron chi connectivity index (χ4n) is 4.79. The normalized spacial score (nSPS) is 12.2. The number of rotatable bonds is 7. The first-order chi connectivity index (χ1) is 21.3. The molecule has 13 heteroatoms. The van der Waals surface area contributed by atoms with Crippen molar-refractivity contribution in [3.63, 3.8) is 0 Å². The van der Waals surface area contributed by atoms with Crippen molar-refractivity contribution in [2.75, 3.05) is 25.6 Å². The molecule has 6 rings (SSSR count). The van der Waals surface area contributed by atoms with Gasteiger partial charge in [-0.3, -0.25) is 19.1 Å². The number of ether oxygens (including phenoxy) is 4. The lowest BCUT2D eigenvalue weighted by molar-refractivity contribution is 0.102. The number of amides is 1. The lowest BCUT2D eigenvalue weighted by atomic mass is 10.1. The number of carbonyl (C=O) groups excluding carboxylic acids is 1. The lowest BCUT2D eigenvalue weighted by Gasteiger charge is -2.23. The third-order valence-electron chi connectivity index (χ3n) is 6.91. The molecule has 0 fully saturated rings. The highest BCUT2D eigenvalue weighted by Gasteiger charge is 2.25. The van der Waals surface area contributed by atoms with Crippen molar-refractivity contribution in [1.82, 2.24) is 14.1 Å². The molecule has 5 aromatic rings. The van der Waals surface area contributed by atoms with Gasteiger partial charge in [0.2, 0.25) is 5.75 Å². The van der Waals surface area contributed by atoms with Gasteiger partial charge < -0.3 is 24.3 Å². The second kappa shape index (κ2) is 11.5. The number of hydrogen-bond donors (Lipinski definition) is 1. The van der Waals surface area contributed by atoms with E-state index in [2.05, 4.69) is 10.3 Å². The van der Waals surface area contributed by atoms with Crippen molar-refractivity contribution in [1.29, 1.82) is 0 Å². The molecule has 0 aliphatic carbocycles. The van der Waals surface area contributed by atoms with Gasteiger partial charge in [0.1, 0.15) is 41.9 Å². The SMILES string of the molecule is CCn1cc(C(=O)Nc2ccc(Oc3ccnc4cc(OC)c5c(c34)OCCO5)cc2F)c(=O)n(-c2ccc(F)cc2)c1=O. The summed E-state index contributed by atoms with van der Waals surface area (Å²) in [5.41, 5.74) is -1.73. The van der Waals surface area contributed by atoms with Crippen molar-refractivity contribution >= 4 is 22.5 Å². The fourth-order valence-corrected chi connectivity index (χ4v) is 4.79. The second-order valence-electron chi connectivity index (χ2n) is 9.56. The fraction of sp³-hybridized carbons (Fsp3) is 0.161. The zero-order chi connectivity index (χ0) is 31.0. The zero-order valence-electron chi connectivity index (χ0n) is 23.4. The molecule has 11 nitrogen and oxygen atoms in total. The van der Waals surface area contributed by atoms with Crippen LogP contribution in [0.15, 0.2) is 76.6 Å². The Balaban J connectivity index is 1.30. The number of methoxy groups -OCH3 is 1. The number of aryl methyl sites for hydroxylation is 1. The summed E-state index contributed by atoms with van der Waals surface area (Å²) >= 11 is 0. The van der Waals surface area contributed by atoms with Crippen LogP contribution < -0.4 is 35.5 Å². The number of anilines is 1. The molecule has 0 spiro atoms. The van der Waals surface area contributed by atoms with Crippen LogP contribution in [0.5, 0.6) is 28.7 Å². The van der Waals surface area contributed by atoms with E-state index in [0.29, 0.717) is 47.1 Å². The highest BCUT2D eigenvalue weighted by Crippen LogP contribution is 2.48. The summed E-state index contributed by atoms with van der Waals surface area (Å²) < 4.78 is 53.6. The van der Waals surface area contributed by atoms with Gasteiger partial charge in [-0.25, -0.2) is 18.1 Å². The van der Waals surface area contributed by atoms with Gasteiger partial charge in [-0.15, -0.1) is 0 Å². The van der Waals surface area contributed by atoms with Gasteiger partial charge in [0.05, 0.1) is 29.4 Å². The highest BCUT2D eigenvalue weighted by atomic mass is 19.1. The molecule has 3 aromatic carbocycles. The van der Waals surface area contributed by atoms with Crippen molar-refractivity contribution in [2.45, 2.75) is 13.5 Å². The van der Waals surface area contributed by atoms with Crippen molar-refractivity contribution in [2.24, 2.45) is 0 Å². The topological polar surface area (TPSA) is 123 Å². The Labute approximate surface area is 247 Å². The minimum atomic E-state index is -0.946. The lowest BCUT2D eigenvalue weighted by Crippen LogP contribution is -2.42. The Hall–Kier alpha value is -5.72. The summed E-state index contributed by atoms with van der Waals surface area (Å²) in [7, 11) is 1.50. The first-order valence-corrected chi connectivity index (χ1v) is 13.5. The van der Waals surface area contributed by atoms with Gasteiger partial charge in [-0.05, 0) is 49.4 Å². The van der Waals surface area contributed by atoms with E-state index in [1.165, 1.54) is 37.6 Å². The number of nitrogens with one attached hydrogen (secondary N) is 1. The number of pyridine rings is 1. The van der Waals surface area contributed by atoms with Gasteiger partial charge >= 0.3 is 5.69 Å². The zero-order valence-corrected chi connectivity index (χ0v) is 23.4. The molecule has 1 aliphatic rings. The molecule has 0 bridgehead atoms. The summed E-state index contributed by atoms with van der Waals surface area (Å²) in [4.78, 5) is 43.6. The maximum atomic E-state index is 15.3. The molecule has 0 unspecified atom stereocenters. The van der Waals surface area contributed by atoms with Crippen LogP contribution in [0.4, 0.5) is 14.5 Å². The van der Waals surface area contributed by atoms with Gasteiger partial charge in [-0.2, -0.15) is 0 Å². The van der Waals surface area contributed by atoms with E-state index in [-0.39, 0.29) is 23.7 Å². The average molecular weight is 603 g/mol. The molecule has 0 saturated heterocycles. The molecule has 1 aliphatic heterocycles. The molecular formula is C31H24F2N4O7. The Kier molecular flexibility index (Phi) is 7.43. The molecule has 2 aromatic heterocycles. The predicted molar refractivity (Wildman–Crippen MR) is 156 cm³/mol. The summed E-state index contributed by atoms with van der Waals surface area (Å²) in [5, 5.41) is 2.89. The van der Waals surface area contributed by atoms with Gasteiger partial charge in [0.25, 0.3) is 11.5 Å². The average Bonchev–Trinajstić information content (AvgIpc) is 3.03. The number of halogens is 2. The molecule has 3 heterocycles. The monoisotopic (exact) mass is 602 g/mol. The summed E-state index contributed by atoms with van der Waals surface area (Å²) in [6, 6.07) is 11.7. The first-order valence-electron chi connectivity index (χ1n) is 13.5. The quantitative estimate of drug-likeness (QED) is 0.285. The predicted octanol–water partition coefficient (Wildman–Crippen LogP) is 4.67. The van der Waals surface area contributed by atoms with E-state index >= 15 is 4.39 Å². The van der Waals surface area contributed by atoms with Crippen molar-refractivity contribution in [3.05, 3.63) is 105 Å². The first kappa shape index (κ1) is 28.4. The van der Waals surface area contributed by atoms with E-state index in [1.54, 1.807) is 19.1 Å². The third kappa shape index (κ3) is 5.08. The van der Waals surface area contributed by atoms with Gasteiger partial charge in [0.15, 0.2) is 11.5 Å². The highest BCUT2D eigenvalue weighted by molar-refractivity contribution is 6.04. The van der Waals surface area contributed by atoms with E-state index in [0.717, 1.165) is 33.5 Å². The number of nitrogens with zero attached hydrogens (tertiary/aromatic N) is 3. The van der Waals surface area contributed by atoms with Crippen LogP contribution in [-0.2, 0) is 6.54 Å². The Morgan fingerprint density at radius 3 is 2.45 bits per heavy atom. The van der Waals surface area contributed by atoms with Gasteiger partial charge in [-0.1, -0.05) is 0 Å². The third-order valence-corrected chi connectivity index (χ3v) is 6.91. The molecule has 0 radical (unpaired) electrons. The smallest absolute Gasteiger partial charge is 0.335 e. The summed E-state index contributed by atoms with van der Waals surface area (Å²) in [6.07, 6.45) is 2.62. The van der Waals surface area contributed by atoms with Crippen LogP contribution in [0.25, 0.3) is 16.6 Å². The minimum Gasteiger partial charge on any atom is -0.493 e. The van der Waals surface area contributed by atoms with E-state index in [4.69, 9.17) is 18.9 Å². The molecule has 224 valence electrons. The van der Waals surface area contributed by atoms with Crippen LogP contribution in [-0.4, -0.2) is 40.3 Å². The number of aromatic nitrogens is 3. The Morgan fingerprint density at radius 1 is 1.00 bits per heavy atom. The molecule has 0 saturated carbocycles. The Bertz CT molecular complexity index is 2040. The van der Waals surface area contributed by atoms with Crippen LogP contribution >= 0.6 is 0 Å². The van der Waals surface area contributed by atoms with E-state index in [1.807, 2.05) is 0 Å². The minimum absolute atomic E-state index is 0.0752. The summed E-state index contributed by atoms with van der Waals surface area (Å²) in [5.74, 6) is -0.695. The van der Waals surface area contributed by atoms with Crippen molar-refractivity contribution in [3.8, 4) is 34.4 Å². The van der Waals surface area contributed by atoms with Crippen molar-refractivity contribution < 1.29 is 32.5 Å². The molecule has 1 N–H and O–H groups in total. The van der Waals surface area contributed by atoms with Crippen LogP contribution in [0, 0.1) is 11.6 Å². The number of carbonyl (C=O) groups is 1. The molecular weight excluding hydrogens is 578 g/mol. The maximum absolute atomic E-state index is 15.3. The molecule has 44 heavy (non-hydrogen) atoms. The standard InChI is InChI=1S/C31H24F2N4O7/c1-3-36-16-20(30(39)37(31(36)40)18-6-4-17(32)5-7-18)29(38)35-22-9-8-19(14-21(22)33)44-24-10-11-34-23-15-25(41-2)27-28(26(23)24)43-13-12-42-27/h4-11,14-16H,3,12-13H2,1-2H3,(H,35,38). The number of benzene rings is 3. The van der Waals surface area contributed by atoms with Gasteiger partial charge in [0, 0.05) is 31.1 Å². The van der Waals surface area contributed by atoms with Crippen LogP contribution in [0.3, 0.4) is 0 Å². The summed E-state index contributed by atoms with van der Waals surface area (Å²) in [6.45, 7) is 2.43. The van der Waals surface area contributed by atoms with Crippen LogP contribution in [0.2, 0.25) is 0 Å². The number of fused-ring (bicyclic) bond motifs is 3. The molecule has 1 amide bonds. The molecule has 0 atom stereocenters.